The lowest BCUT2D eigenvalue weighted by Gasteiger charge is -2.32. The molecule has 132 valence electrons. The fourth-order valence-corrected chi connectivity index (χ4v) is 3.19. The van der Waals surface area contributed by atoms with Crippen LogP contribution in [0.25, 0.3) is 0 Å². The van der Waals surface area contributed by atoms with Crippen LogP contribution in [0.4, 0.5) is 0 Å². The van der Waals surface area contributed by atoms with E-state index in [4.69, 9.17) is 16.3 Å². The molecule has 2 heterocycles. The number of aromatic nitrogens is 1. The van der Waals surface area contributed by atoms with Crippen molar-refractivity contribution in [3.05, 3.63) is 63.5 Å². The Morgan fingerprint density at radius 2 is 1.88 bits per heavy atom. The minimum Gasteiger partial charge on any atom is -0.482 e. The van der Waals surface area contributed by atoms with Crippen molar-refractivity contribution in [1.29, 1.82) is 0 Å². The van der Waals surface area contributed by atoms with Crippen LogP contribution in [-0.2, 0) is 11.2 Å². The lowest BCUT2D eigenvalue weighted by Crippen LogP contribution is -2.41. The predicted octanol–water partition coefficient (Wildman–Crippen LogP) is 2.89. The highest BCUT2D eigenvalue weighted by molar-refractivity contribution is 6.30. The number of carbonyl (C=O) groups is 1. The molecule has 1 aliphatic rings. The molecule has 1 N–H and O–H groups in total. The number of aromatic amines is 1. The van der Waals surface area contributed by atoms with E-state index in [1.54, 1.807) is 6.07 Å². The number of nitrogens with one attached hydrogen (secondary N) is 1. The first kappa shape index (κ1) is 17.5. The summed E-state index contributed by atoms with van der Waals surface area (Å²) in [7, 11) is 0. The molecule has 0 bridgehead atoms. The number of piperidine rings is 1. The number of pyridine rings is 1. The summed E-state index contributed by atoms with van der Waals surface area (Å²) >= 11 is 5.92. The maximum Gasteiger partial charge on any atom is 0.260 e. The fraction of sp³-hybridized carbons (Fsp3) is 0.368. The number of hydrogen-bond donors (Lipinski definition) is 1. The monoisotopic (exact) mass is 360 g/mol. The van der Waals surface area contributed by atoms with Gasteiger partial charge in [-0.1, -0.05) is 23.7 Å². The molecular weight excluding hydrogens is 340 g/mol. The van der Waals surface area contributed by atoms with E-state index in [-0.39, 0.29) is 18.1 Å². The van der Waals surface area contributed by atoms with E-state index in [1.165, 1.54) is 17.8 Å². The Balaban J connectivity index is 1.43. The van der Waals surface area contributed by atoms with Crippen molar-refractivity contribution in [2.75, 3.05) is 19.7 Å². The van der Waals surface area contributed by atoms with E-state index >= 15 is 0 Å². The molecule has 1 fully saturated rings. The van der Waals surface area contributed by atoms with Gasteiger partial charge in [0.05, 0.1) is 0 Å². The van der Waals surface area contributed by atoms with Crippen molar-refractivity contribution in [3.8, 4) is 5.75 Å². The van der Waals surface area contributed by atoms with Crippen molar-refractivity contribution in [2.24, 2.45) is 5.92 Å². The highest BCUT2D eigenvalue weighted by Crippen LogP contribution is 2.22. The molecule has 0 spiro atoms. The molecule has 5 nitrogen and oxygen atoms in total. The second kappa shape index (κ2) is 8.21. The summed E-state index contributed by atoms with van der Waals surface area (Å²) < 4.78 is 5.44. The molecule has 6 heteroatoms. The lowest BCUT2D eigenvalue weighted by molar-refractivity contribution is -0.134. The van der Waals surface area contributed by atoms with Gasteiger partial charge >= 0.3 is 0 Å². The van der Waals surface area contributed by atoms with Crippen molar-refractivity contribution >= 4 is 17.5 Å². The zero-order chi connectivity index (χ0) is 17.6. The molecule has 0 aliphatic carbocycles. The average molecular weight is 361 g/mol. The summed E-state index contributed by atoms with van der Waals surface area (Å²) in [5, 5.41) is 0.756. The van der Waals surface area contributed by atoms with Gasteiger partial charge in [0.25, 0.3) is 5.91 Å². The van der Waals surface area contributed by atoms with Crippen LogP contribution >= 0.6 is 11.6 Å². The fourth-order valence-electron chi connectivity index (χ4n) is 3.06. The lowest BCUT2D eigenvalue weighted by atomic mass is 9.90. The Labute approximate surface area is 151 Å². The first-order chi connectivity index (χ1) is 12.1. The molecule has 0 unspecified atom stereocenters. The normalized spacial score (nSPS) is 15.2. The van der Waals surface area contributed by atoms with Gasteiger partial charge in [0.15, 0.2) is 6.61 Å². The topological polar surface area (TPSA) is 62.4 Å². The summed E-state index contributed by atoms with van der Waals surface area (Å²) in [6, 6.07) is 10.9. The number of hydrogen-bond acceptors (Lipinski definition) is 3. The van der Waals surface area contributed by atoms with Crippen LogP contribution in [0.3, 0.4) is 0 Å². The Hall–Kier alpha value is -2.27. The van der Waals surface area contributed by atoms with E-state index in [9.17, 15) is 9.59 Å². The van der Waals surface area contributed by atoms with Crippen LogP contribution in [0.5, 0.6) is 5.75 Å². The third-order valence-electron chi connectivity index (χ3n) is 4.52. The third kappa shape index (κ3) is 5.10. The minimum absolute atomic E-state index is 0.00606. The molecule has 0 atom stereocenters. The molecule has 25 heavy (non-hydrogen) atoms. The van der Waals surface area contributed by atoms with Crippen molar-refractivity contribution in [1.82, 2.24) is 9.88 Å². The van der Waals surface area contributed by atoms with Crippen LogP contribution < -0.4 is 10.3 Å². The van der Waals surface area contributed by atoms with Crippen LogP contribution in [-0.4, -0.2) is 35.5 Å². The maximum atomic E-state index is 12.3. The molecule has 1 aromatic heterocycles. The smallest absolute Gasteiger partial charge is 0.260 e. The number of benzene rings is 1. The average Bonchev–Trinajstić information content (AvgIpc) is 2.63. The largest absolute Gasteiger partial charge is 0.482 e. The van der Waals surface area contributed by atoms with Crippen molar-refractivity contribution in [2.45, 2.75) is 19.3 Å². The number of H-pyrrole nitrogens is 1. The van der Waals surface area contributed by atoms with Crippen LogP contribution in [0.2, 0.25) is 5.02 Å². The molecule has 1 amide bonds. The van der Waals surface area contributed by atoms with Crippen molar-refractivity contribution in [3.63, 3.8) is 0 Å². The van der Waals surface area contributed by atoms with Crippen molar-refractivity contribution < 1.29 is 9.53 Å². The second-order valence-electron chi connectivity index (χ2n) is 6.33. The molecule has 1 saturated heterocycles. The van der Waals surface area contributed by atoms with Gasteiger partial charge in [-0.25, -0.2) is 0 Å². The summed E-state index contributed by atoms with van der Waals surface area (Å²) in [6.45, 7) is 1.51. The highest BCUT2D eigenvalue weighted by Gasteiger charge is 2.23. The number of carbonyl (C=O) groups excluding carboxylic acids is 1. The molecule has 0 saturated carbocycles. The number of nitrogens with zero attached hydrogens (tertiary/aromatic N) is 1. The summed E-state index contributed by atoms with van der Waals surface area (Å²) in [5.74, 6) is 1.06. The van der Waals surface area contributed by atoms with Crippen LogP contribution in [0.15, 0.2) is 47.4 Å². The van der Waals surface area contributed by atoms with Gasteiger partial charge in [-0.2, -0.15) is 0 Å². The Morgan fingerprint density at radius 3 is 2.52 bits per heavy atom. The minimum atomic E-state index is -0.193. The van der Waals surface area contributed by atoms with E-state index in [0.717, 1.165) is 37.4 Å². The van der Waals surface area contributed by atoms with Gasteiger partial charge in [-0.05, 0) is 48.9 Å². The second-order valence-corrected chi connectivity index (χ2v) is 6.77. The third-order valence-corrected chi connectivity index (χ3v) is 4.77. The van der Waals surface area contributed by atoms with Crippen LogP contribution in [0, 0.1) is 5.92 Å². The summed E-state index contributed by atoms with van der Waals surface area (Å²) in [6.07, 6.45) is 4.47. The predicted molar refractivity (Wildman–Crippen MR) is 97.0 cm³/mol. The summed E-state index contributed by atoms with van der Waals surface area (Å²) in [4.78, 5) is 27.6. The Morgan fingerprint density at radius 1 is 1.16 bits per heavy atom. The quantitative estimate of drug-likeness (QED) is 0.891. The first-order valence-corrected chi connectivity index (χ1v) is 8.82. The zero-order valence-corrected chi connectivity index (χ0v) is 14.7. The van der Waals surface area contributed by atoms with Gasteiger partial charge in [-0.15, -0.1) is 0 Å². The molecule has 1 aliphatic heterocycles. The maximum absolute atomic E-state index is 12.3. The number of ether oxygens (including phenoxy) is 1. The SMILES string of the molecule is O=C(COc1ccc(=O)[nH]c1)N1CCC(Cc2ccc(Cl)cc2)CC1. The molecule has 0 radical (unpaired) electrons. The van der Waals surface area contributed by atoms with Gasteiger partial charge < -0.3 is 14.6 Å². The van der Waals surface area contributed by atoms with Gasteiger partial charge in [0.1, 0.15) is 5.75 Å². The van der Waals surface area contributed by atoms with Crippen LogP contribution in [0.1, 0.15) is 18.4 Å². The van der Waals surface area contributed by atoms with E-state index in [2.05, 4.69) is 17.1 Å². The number of amides is 1. The number of rotatable bonds is 5. The van der Waals surface area contributed by atoms with E-state index in [1.807, 2.05) is 17.0 Å². The standard InChI is InChI=1S/C19H21ClN2O3/c20-16-3-1-14(2-4-16)11-15-7-9-22(10-8-15)19(24)13-25-17-5-6-18(23)21-12-17/h1-6,12,15H,7-11,13H2,(H,21,23). The highest BCUT2D eigenvalue weighted by atomic mass is 35.5. The summed E-state index contributed by atoms with van der Waals surface area (Å²) in [5.41, 5.74) is 1.09. The number of likely N-dealkylation sites (tertiary alicyclic amines) is 1. The Kier molecular flexibility index (Phi) is 5.76. The van der Waals surface area contributed by atoms with E-state index < -0.39 is 0 Å². The molecule has 3 rings (SSSR count). The zero-order valence-electron chi connectivity index (χ0n) is 13.9. The number of halogens is 1. The molecule has 1 aromatic carbocycles. The van der Waals surface area contributed by atoms with Gasteiger partial charge in [0.2, 0.25) is 5.56 Å². The van der Waals surface area contributed by atoms with Gasteiger partial charge in [-0.3, -0.25) is 9.59 Å². The molecule has 2 aromatic rings. The first-order valence-electron chi connectivity index (χ1n) is 8.44. The van der Waals surface area contributed by atoms with E-state index in [0.29, 0.717) is 11.7 Å². The van der Waals surface area contributed by atoms with Gasteiger partial charge in [0, 0.05) is 30.4 Å². The molecular formula is C19H21ClN2O3. The Bertz CT molecular complexity index is 744.